The highest BCUT2D eigenvalue weighted by molar-refractivity contribution is 5.81. The zero-order chi connectivity index (χ0) is 18.1. The number of hydrogen-bond acceptors (Lipinski definition) is 4. The van der Waals surface area contributed by atoms with Crippen molar-refractivity contribution in [2.24, 2.45) is 0 Å². The number of carbonyl (C=O) groups excluding carboxylic acids is 1. The fraction of sp³-hybridized carbons (Fsp3) is 0.556. The van der Waals surface area contributed by atoms with E-state index in [4.69, 9.17) is 5.11 Å². The number of carbonyl (C=O) groups is 2. The minimum absolute atomic E-state index is 0.281. The number of phenolic OH excluding ortho intramolecular Hbond substituents is 1. The molecule has 134 valence electrons. The molecule has 1 aromatic rings. The van der Waals surface area contributed by atoms with Crippen LogP contribution in [0.2, 0.25) is 0 Å². The Labute approximate surface area is 143 Å². The number of aromatic hydroxyl groups is 1. The summed E-state index contributed by atoms with van der Waals surface area (Å²) in [6.45, 7) is 6.82. The minimum Gasteiger partial charge on any atom is -0.508 e. The third-order valence-electron chi connectivity index (χ3n) is 3.86. The van der Waals surface area contributed by atoms with Crippen molar-refractivity contribution in [2.75, 3.05) is 6.54 Å². The lowest BCUT2D eigenvalue weighted by Crippen LogP contribution is -2.39. The number of carboxylic acid groups (broad SMARTS) is 1. The molecule has 0 saturated heterocycles. The number of amides is 1. The van der Waals surface area contributed by atoms with Gasteiger partial charge in [0.25, 0.3) is 0 Å². The first kappa shape index (κ1) is 20.0. The van der Waals surface area contributed by atoms with Crippen molar-refractivity contribution in [3.8, 4) is 5.75 Å². The van der Waals surface area contributed by atoms with Crippen molar-refractivity contribution in [2.45, 2.75) is 58.5 Å². The fourth-order valence-electron chi connectivity index (χ4n) is 2.43. The Morgan fingerprint density at radius 3 is 2.50 bits per heavy atom. The zero-order valence-corrected chi connectivity index (χ0v) is 14.6. The summed E-state index contributed by atoms with van der Waals surface area (Å²) in [5, 5.41) is 24.6. The van der Waals surface area contributed by atoms with Crippen LogP contribution in [0, 0.1) is 0 Å². The second kappa shape index (κ2) is 9.93. The standard InChI is InChI=1S/C18H28N2O4/c1-12(2)14-7-8-17(22)15(10-14)11-19-9-5-4-6-16(18(23)24)20-13(3)21/h7-8,10,12,16,19,22H,4-6,9,11H2,1-3H3,(H,20,21)(H,23,24)/t16-/m0/s1. The van der Waals surface area contributed by atoms with E-state index in [0.717, 1.165) is 18.5 Å². The van der Waals surface area contributed by atoms with Gasteiger partial charge in [-0.25, -0.2) is 4.79 Å². The number of aliphatic carboxylic acids is 1. The summed E-state index contributed by atoms with van der Waals surface area (Å²) < 4.78 is 0. The number of nitrogens with one attached hydrogen (secondary N) is 2. The first-order valence-corrected chi connectivity index (χ1v) is 8.33. The second-order valence-electron chi connectivity index (χ2n) is 6.31. The predicted molar refractivity (Wildman–Crippen MR) is 93.0 cm³/mol. The first-order valence-electron chi connectivity index (χ1n) is 8.33. The van der Waals surface area contributed by atoms with Gasteiger partial charge in [0, 0.05) is 19.0 Å². The average Bonchev–Trinajstić information content (AvgIpc) is 2.50. The van der Waals surface area contributed by atoms with E-state index in [-0.39, 0.29) is 11.7 Å². The van der Waals surface area contributed by atoms with E-state index in [1.54, 1.807) is 6.07 Å². The maximum Gasteiger partial charge on any atom is 0.326 e. The van der Waals surface area contributed by atoms with Crippen molar-refractivity contribution in [3.63, 3.8) is 0 Å². The largest absolute Gasteiger partial charge is 0.508 e. The summed E-state index contributed by atoms with van der Waals surface area (Å²) in [7, 11) is 0. The van der Waals surface area contributed by atoms with Crippen LogP contribution >= 0.6 is 0 Å². The highest BCUT2D eigenvalue weighted by atomic mass is 16.4. The Kier molecular flexibility index (Phi) is 8.26. The van der Waals surface area contributed by atoms with E-state index < -0.39 is 12.0 Å². The van der Waals surface area contributed by atoms with Crippen molar-refractivity contribution in [3.05, 3.63) is 29.3 Å². The average molecular weight is 336 g/mol. The number of phenols is 1. The molecule has 0 heterocycles. The summed E-state index contributed by atoms with van der Waals surface area (Å²) in [5.41, 5.74) is 2.05. The zero-order valence-electron chi connectivity index (χ0n) is 14.6. The molecule has 4 N–H and O–H groups in total. The van der Waals surface area contributed by atoms with Gasteiger partial charge in [-0.2, -0.15) is 0 Å². The predicted octanol–water partition coefficient (Wildman–Crippen LogP) is 2.36. The van der Waals surface area contributed by atoms with Gasteiger partial charge < -0.3 is 20.8 Å². The lowest BCUT2D eigenvalue weighted by molar-refractivity contribution is -0.141. The third-order valence-corrected chi connectivity index (χ3v) is 3.86. The van der Waals surface area contributed by atoms with Crippen LogP contribution in [0.1, 0.15) is 57.1 Å². The van der Waals surface area contributed by atoms with Crippen LogP contribution in [0.25, 0.3) is 0 Å². The van der Waals surface area contributed by atoms with Gasteiger partial charge in [0.15, 0.2) is 0 Å². The van der Waals surface area contributed by atoms with Gasteiger partial charge in [0.05, 0.1) is 0 Å². The maximum atomic E-state index is 11.0. The quantitative estimate of drug-likeness (QED) is 0.492. The Morgan fingerprint density at radius 1 is 1.21 bits per heavy atom. The fourth-order valence-corrected chi connectivity index (χ4v) is 2.43. The molecule has 1 atom stereocenters. The van der Waals surface area contributed by atoms with Crippen LogP contribution < -0.4 is 10.6 Å². The molecule has 0 aromatic heterocycles. The van der Waals surface area contributed by atoms with Gasteiger partial charge in [-0.15, -0.1) is 0 Å². The molecule has 0 aliphatic rings. The molecule has 1 aromatic carbocycles. The number of unbranched alkanes of at least 4 members (excludes halogenated alkanes) is 1. The molecule has 0 radical (unpaired) electrons. The summed E-state index contributed by atoms with van der Waals surface area (Å²) in [6, 6.07) is 4.83. The van der Waals surface area contributed by atoms with Gasteiger partial charge in [0.2, 0.25) is 5.91 Å². The smallest absolute Gasteiger partial charge is 0.326 e. The molecule has 0 bridgehead atoms. The summed E-state index contributed by atoms with van der Waals surface area (Å²) in [5.74, 6) is -0.649. The minimum atomic E-state index is -1.01. The van der Waals surface area contributed by atoms with Crippen LogP contribution in [0.3, 0.4) is 0 Å². The van der Waals surface area contributed by atoms with Crippen molar-refractivity contribution in [1.82, 2.24) is 10.6 Å². The number of hydrogen-bond donors (Lipinski definition) is 4. The number of carboxylic acids is 1. The van der Waals surface area contributed by atoms with Crippen molar-refractivity contribution >= 4 is 11.9 Å². The summed E-state index contributed by atoms with van der Waals surface area (Å²) >= 11 is 0. The molecule has 0 unspecified atom stereocenters. The molecular formula is C18H28N2O4. The van der Waals surface area contributed by atoms with E-state index in [0.29, 0.717) is 25.3 Å². The topological polar surface area (TPSA) is 98.7 Å². The van der Waals surface area contributed by atoms with Crippen LogP contribution in [0.5, 0.6) is 5.75 Å². The Bertz CT molecular complexity index is 558. The van der Waals surface area contributed by atoms with E-state index >= 15 is 0 Å². The Morgan fingerprint density at radius 2 is 1.92 bits per heavy atom. The highest BCUT2D eigenvalue weighted by Gasteiger charge is 2.17. The molecule has 24 heavy (non-hydrogen) atoms. The Balaban J connectivity index is 2.32. The normalized spacial score (nSPS) is 12.2. The van der Waals surface area contributed by atoms with Crippen LogP contribution in [-0.2, 0) is 16.1 Å². The van der Waals surface area contributed by atoms with E-state index in [9.17, 15) is 14.7 Å². The second-order valence-corrected chi connectivity index (χ2v) is 6.31. The molecule has 0 aliphatic heterocycles. The molecule has 1 rings (SSSR count). The molecular weight excluding hydrogens is 308 g/mol. The molecule has 0 spiro atoms. The van der Waals surface area contributed by atoms with Gasteiger partial charge >= 0.3 is 5.97 Å². The summed E-state index contributed by atoms with van der Waals surface area (Å²) in [4.78, 5) is 22.0. The number of benzene rings is 1. The lowest BCUT2D eigenvalue weighted by Gasteiger charge is -2.13. The SMILES string of the molecule is CC(=O)N[C@@H](CCCCNCc1cc(C(C)C)ccc1O)C(=O)O. The van der Waals surface area contributed by atoms with Gasteiger partial charge in [-0.3, -0.25) is 4.79 Å². The van der Waals surface area contributed by atoms with Gasteiger partial charge in [-0.05, 0) is 43.4 Å². The van der Waals surface area contributed by atoms with E-state index in [2.05, 4.69) is 24.5 Å². The lowest BCUT2D eigenvalue weighted by atomic mass is 10.0. The third kappa shape index (κ3) is 7.00. The van der Waals surface area contributed by atoms with E-state index in [1.807, 2.05) is 12.1 Å². The highest BCUT2D eigenvalue weighted by Crippen LogP contribution is 2.23. The molecule has 6 nitrogen and oxygen atoms in total. The Hall–Kier alpha value is -2.08. The van der Waals surface area contributed by atoms with E-state index in [1.165, 1.54) is 12.5 Å². The molecule has 6 heteroatoms. The van der Waals surface area contributed by atoms with Crippen molar-refractivity contribution < 1.29 is 19.8 Å². The first-order chi connectivity index (χ1) is 11.3. The maximum absolute atomic E-state index is 11.0. The van der Waals surface area contributed by atoms with Gasteiger partial charge in [0.1, 0.15) is 11.8 Å². The van der Waals surface area contributed by atoms with Gasteiger partial charge in [-0.1, -0.05) is 26.0 Å². The molecule has 0 aliphatic carbocycles. The monoisotopic (exact) mass is 336 g/mol. The molecule has 0 fully saturated rings. The van der Waals surface area contributed by atoms with Crippen LogP contribution in [-0.4, -0.2) is 34.7 Å². The number of rotatable bonds is 10. The van der Waals surface area contributed by atoms with Crippen LogP contribution in [0.15, 0.2) is 18.2 Å². The molecule has 1 amide bonds. The molecule has 0 saturated carbocycles. The van der Waals surface area contributed by atoms with Crippen molar-refractivity contribution in [1.29, 1.82) is 0 Å². The van der Waals surface area contributed by atoms with Crippen LogP contribution in [0.4, 0.5) is 0 Å². The summed E-state index contributed by atoms with van der Waals surface area (Å²) in [6.07, 6.45) is 1.90.